The van der Waals surface area contributed by atoms with E-state index in [1.54, 1.807) is 0 Å². The number of nitrogens with zero attached hydrogens (tertiary/aromatic N) is 4. The van der Waals surface area contributed by atoms with Gasteiger partial charge in [-0.1, -0.05) is 0 Å². The summed E-state index contributed by atoms with van der Waals surface area (Å²) in [6.07, 6.45) is 0. The fourth-order valence-electron chi connectivity index (χ4n) is 0.405. The Balaban J connectivity index is 2.55. The predicted octanol–water partition coefficient (Wildman–Crippen LogP) is 1.04. The first-order chi connectivity index (χ1) is 4.97. The van der Waals surface area contributed by atoms with Crippen molar-refractivity contribution in [1.29, 1.82) is 0 Å². The third-order valence-corrected chi connectivity index (χ3v) is 3.18. The average Bonchev–Trinajstić information content (AvgIpc) is 2.59. The molecule has 0 aliphatic carbocycles. The van der Waals surface area contributed by atoms with Crippen molar-refractivity contribution in [2.24, 2.45) is 17.5 Å². The average molecular weight is 208 g/mol. The first-order valence-corrected chi connectivity index (χ1v) is 6.34. The zero-order chi connectivity index (χ0) is 6.81. The largest absolute Gasteiger partial charge is 0.225 e. The highest BCUT2D eigenvalue weighted by atomic mass is 32.8. The van der Waals surface area contributed by atoms with Gasteiger partial charge in [-0.05, 0) is 0 Å². The van der Waals surface area contributed by atoms with E-state index in [0.29, 0.717) is 11.6 Å². The molecule has 0 bridgehead atoms. The molecule has 0 atom stereocenters. The smallest absolute Gasteiger partial charge is 0.156 e. The number of hydrogen-bond acceptors (Lipinski definition) is 4. The standard InChI is InChI=1S/C2N4S4/c3-1(4-8-7-3)2-5-9-10-6-2. The monoisotopic (exact) mass is 208 g/mol. The maximum Gasteiger partial charge on any atom is 0.225 e. The second-order valence-electron chi connectivity index (χ2n) is 1.31. The molecule has 0 saturated heterocycles. The first kappa shape index (κ1) is 6.53. The van der Waals surface area contributed by atoms with Crippen LogP contribution in [0.5, 0.6) is 0 Å². The summed E-state index contributed by atoms with van der Waals surface area (Å²) in [6.45, 7) is 0. The van der Waals surface area contributed by atoms with Crippen LogP contribution in [0, 0.1) is 0 Å². The van der Waals surface area contributed by atoms with Gasteiger partial charge in [0.1, 0.15) is 0 Å². The molecular weight excluding hydrogens is 208 g/mol. The minimum atomic E-state index is 0.646. The summed E-state index contributed by atoms with van der Waals surface area (Å²) in [5.41, 5.74) is 0. The molecule has 0 radical (unpaired) electrons. The van der Waals surface area contributed by atoms with E-state index < -0.39 is 0 Å². The highest BCUT2D eigenvalue weighted by Gasteiger charge is 2.04. The molecule has 0 amide bonds. The van der Waals surface area contributed by atoms with Gasteiger partial charge in [0.05, 0.1) is 0 Å². The Morgan fingerprint density at radius 1 is 0.600 bits per heavy atom. The van der Waals surface area contributed by atoms with E-state index in [0.717, 1.165) is 0 Å². The van der Waals surface area contributed by atoms with E-state index in [2.05, 4.69) is 17.5 Å². The van der Waals surface area contributed by atoms with Gasteiger partial charge >= 0.3 is 0 Å². The fraction of sp³-hybridized carbons (Fsp3) is 0. The second-order valence-corrected chi connectivity index (χ2v) is 4.43. The third-order valence-electron chi connectivity index (χ3n) is 0.762. The Hall–Kier alpha value is -0.180. The van der Waals surface area contributed by atoms with Crippen LogP contribution in [0.25, 0.3) is 0 Å². The van der Waals surface area contributed by atoms with E-state index in [1.807, 2.05) is 0 Å². The first-order valence-electron chi connectivity index (χ1n) is 2.21. The van der Waals surface area contributed by atoms with Crippen LogP contribution >= 0.6 is 0 Å². The summed E-state index contributed by atoms with van der Waals surface area (Å²) < 4.78 is 16.0. The van der Waals surface area contributed by atoms with E-state index in [-0.39, 0.29) is 0 Å². The van der Waals surface area contributed by atoms with E-state index >= 15 is 0 Å². The van der Waals surface area contributed by atoms with Crippen LogP contribution in [0.3, 0.4) is 0 Å². The van der Waals surface area contributed by atoms with Crippen molar-refractivity contribution in [2.45, 2.75) is 0 Å². The fourth-order valence-corrected chi connectivity index (χ4v) is 2.66. The van der Waals surface area contributed by atoms with Gasteiger partial charge in [-0.15, -0.1) is 0 Å². The third kappa shape index (κ3) is 1.15. The van der Waals surface area contributed by atoms with Crippen LogP contribution in [0.1, 0.15) is 0 Å². The minimum Gasteiger partial charge on any atom is -0.156 e. The predicted molar refractivity (Wildman–Crippen MR) is 46.2 cm³/mol. The van der Waals surface area contributed by atoms with Crippen molar-refractivity contribution in [2.75, 3.05) is 0 Å². The summed E-state index contributed by atoms with van der Waals surface area (Å²) in [6, 6.07) is 0. The van der Waals surface area contributed by atoms with Crippen LogP contribution in [0.2, 0.25) is 0 Å². The molecule has 2 heterocycles. The lowest BCUT2D eigenvalue weighted by atomic mass is 10.7. The molecule has 0 saturated carbocycles. The molecule has 2 aliphatic rings. The lowest BCUT2D eigenvalue weighted by molar-refractivity contribution is 1.15. The maximum atomic E-state index is 4.00. The molecule has 0 unspecified atom stereocenters. The molecule has 0 aromatic heterocycles. The molecule has 52 valence electrons. The quantitative estimate of drug-likeness (QED) is 0.571. The van der Waals surface area contributed by atoms with Crippen molar-refractivity contribution in [3.05, 3.63) is 11.6 Å². The Morgan fingerprint density at radius 3 is 1.20 bits per heavy atom. The minimum absolute atomic E-state index is 0.646. The van der Waals surface area contributed by atoms with Gasteiger partial charge in [-0.3, -0.25) is 0 Å². The second kappa shape index (κ2) is 2.82. The van der Waals surface area contributed by atoms with Crippen LogP contribution in [0.4, 0.5) is 0 Å². The zero-order valence-corrected chi connectivity index (χ0v) is 7.69. The molecule has 0 aromatic carbocycles. The lowest BCUT2D eigenvalue weighted by Gasteiger charge is -1.83. The van der Waals surface area contributed by atoms with Crippen LogP contribution < -0.4 is 0 Å². The van der Waals surface area contributed by atoms with Gasteiger partial charge in [0.2, 0.25) is 11.6 Å². The van der Waals surface area contributed by atoms with Gasteiger partial charge in [0, 0.05) is 40.5 Å². The van der Waals surface area contributed by atoms with Gasteiger partial charge in [0.25, 0.3) is 0 Å². The molecule has 10 heavy (non-hydrogen) atoms. The highest BCUT2D eigenvalue weighted by molar-refractivity contribution is 8.17. The zero-order valence-electron chi connectivity index (χ0n) is 4.42. The molecule has 0 aromatic rings. The van der Waals surface area contributed by atoms with Crippen molar-refractivity contribution in [3.8, 4) is 0 Å². The number of hydrogen-bond donors (Lipinski definition) is 0. The summed E-state index contributed by atoms with van der Waals surface area (Å²) in [5, 5.41) is 0. The molecule has 0 N–H and O–H groups in total. The summed E-state index contributed by atoms with van der Waals surface area (Å²) >= 11 is 0. The van der Waals surface area contributed by atoms with Crippen molar-refractivity contribution >= 4 is 40.5 Å². The molecule has 0 fully saturated rings. The van der Waals surface area contributed by atoms with Gasteiger partial charge < -0.3 is 0 Å². The topological polar surface area (TPSA) is 49.4 Å². The Bertz CT molecular complexity index is 331. The van der Waals surface area contributed by atoms with Crippen LogP contribution in [-0.2, 0) is 40.5 Å². The Labute approximate surface area is 69.5 Å². The molecule has 8 heteroatoms. The Morgan fingerprint density at radius 2 is 0.900 bits per heavy atom. The van der Waals surface area contributed by atoms with E-state index in [4.69, 9.17) is 0 Å². The van der Waals surface area contributed by atoms with Gasteiger partial charge in [0.15, 0.2) is 0 Å². The molecular formula is C2N4S4. The van der Waals surface area contributed by atoms with E-state index in [1.165, 1.54) is 40.5 Å². The van der Waals surface area contributed by atoms with Crippen molar-refractivity contribution in [1.82, 2.24) is 0 Å². The molecule has 0 spiro atoms. The van der Waals surface area contributed by atoms with E-state index in [9.17, 15) is 0 Å². The van der Waals surface area contributed by atoms with Crippen LogP contribution in [0.15, 0.2) is 29.1 Å². The highest BCUT2D eigenvalue weighted by Crippen LogP contribution is 2.13. The molecule has 2 rings (SSSR count). The normalized spacial score (nSPS) is 20.0. The summed E-state index contributed by atoms with van der Waals surface area (Å²) in [4.78, 5) is 0. The van der Waals surface area contributed by atoms with Gasteiger partial charge in [-0.25, -0.2) is 0 Å². The number of rotatable bonds is 0. The van der Waals surface area contributed by atoms with Gasteiger partial charge in [-0.2, -0.15) is 17.5 Å². The molecule has 4 nitrogen and oxygen atoms in total. The summed E-state index contributed by atoms with van der Waals surface area (Å²) in [5.74, 6) is 1.29. The SMILES string of the molecule is N1=S=S=NC1=C1N=S=S=N1. The summed E-state index contributed by atoms with van der Waals surface area (Å²) in [7, 11) is 5.39. The Kier molecular flexibility index (Phi) is 1.84. The van der Waals surface area contributed by atoms with Crippen molar-refractivity contribution in [3.63, 3.8) is 0 Å². The van der Waals surface area contributed by atoms with Crippen LogP contribution in [-0.4, -0.2) is 0 Å². The molecule has 2 aliphatic heterocycles. The maximum absolute atomic E-state index is 4.00. The van der Waals surface area contributed by atoms with Crippen molar-refractivity contribution < 1.29 is 0 Å². The lowest BCUT2D eigenvalue weighted by Crippen LogP contribution is -1.72.